The Labute approximate surface area is 135 Å². The van der Waals surface area contributed by atoms with Crippen LogP contribution in [-0.2, 0) is 0 Å². The van der Waals surface area contributed by atoms with Gasteiger partial charge in [-0.1, -0.05) is 29.8 Å². The minimum atomic E-state index is 0.741. The van der Waals surface area contributed by atoms with Gasteiger partial charge in [-0.3, -0.25) is 4.57 Å². The molecule has 108 valence electrons. The maximum atomic E-state index is 4.52. The van der Waals surface area contributed by atoms with E-state index in [1.807, 2.05) is 27.6 Å². The largest absolute Gasteiger partial charge is 0.301 e. The van der Waals surface area contributed by atoms with Gasteiger partial charge in [-0.05, 0) is 22.9 Å². The second kappa shape index (κ2) is 5.06. The number of aryl methyl sites for hydroxylation is 1. The van der Waals surface area contributed by atoms with E-state index in [0.717, 1.165) is 27.3 Å². The highest BCUT2D eigenvalue weighted by Gasteiger charge is 2.10. The topological polar surface area (TPSA) is 48.0 Å². The molecule has 0 radical (unpaired) electrons. The van der Waals surface area contributed by atoms with Gasteiger partial charge >= 0.3 is 0 Å². The van der Waals surface area contributed by atoms with E-state index in [-0.39, 0.29) is 0 Å². The molecule has 3 heterocycles. The first-order valence-corrected chi connectivity index (χ1v) is 7.60. The molecule has 4 rings (SSSR count). The summed E-state index contributed by atoms with van der Waals surface area (Å²) in [7, 11) is 0. The summed E-state index contributed by atoms with van der Waals surface area (Å²) in [6.07, 6.45) is 9.25. The van der Waals surface area contributed by atoms with Crippen molar-refractivity contribution in [1.82, 2.24) is 23.9 Å². The summed E-state index contributed by atoms with van der Waals surface area (Å²) in [5.41, 5.74) is 4.01. The fourth-order valence-corrected chi connectivity index (χ4v) is 2.76. The van der Waals surface area contributed by atoms with E-state index in [0.29, 0.717) is 0 Å². The molecule has 0 saturated carbocycles. The van der Waals surface area contributed by atoms with Crippen molar-refractivity contribution in [3.05, 3.63) is 65.5 Å². The summed E-state index contributed by atoms with van der Waals surface area (Å²) in [6.45, 7) is 2.07. The number of aromatic nitrogens is 5. The Bertz CT molecular complexity index is 952. The average Bonchev–Trinajstić information content (AvgIpc) is 3.15. The molecule has 1 aromatic carbocycles. The molecule has 4 aromatic rings. The first-order chi connectivity index (χ1) is 10.7. The molecule has 22 heavy (non-hydrogen) atoms. The molecule has 0 aliphatic rings. The van der Waals surface area contributed by atoms with E-state index in [2.05, 4.69) is 62.1 Å². The number of fused-ring (bicyclic) bond motifs is 1. The van der Waals surface area contributed by atoms with E-state index in [4.69, 9.17) is 0 Å². The summed E-state index contributed by atoms with van der Waals surface area (Å²) >= 11 is 3.43. The summed E-state index contributed by atoms with van der Waals surface area (Å²) in [6, 6.07) is 8.31. The number of imidazole rings is 2. The molecule has 0 aliphatic heterocycles. The van der Waals surface area contributed by atoms with Crippen LogP contribution in [0.4, 0.5) is 0 Å². The fraction of sp³-hybridized carbons (Fsp3) is 0.0625. The molecule has 0 bridgehead atoms. The van der Waals surface area contributed by atoms with Gasteiger partial charge in [-0.15, -0.1) is 0 Å². The normalized spacial score (nSPS) is 11.2. The number of nitrogens with zero attached hydrogens (tertiary/aromatic N) is 5. The average molecular weight is 354 g/mol. The van der Waals surface area contributed by atoms with Gasteiger partial charge < -0.3 is 4.40 Å². The SMILES string of the molecule is Cc1ccc(-c2cn(-c3nc(Br)cn4ccnc34)cn2)cc1. The molecule has 0 fully saturated rings. The van der Waals surface area contributed by atoms with Gasteiger partial charge in [-0.2, -0.15) is 0 Å². The van der Waals surface area contributed by atoms with Crippen molar-refractivity contribution in [2.75, 3.05) is 0 Å². The van der Waals surface area contributed by atoms with Crippen LogP contribution in [-0.4, -0.2) is 23.9 Å². The lowest BCUT2D eigenvalue weighted by Gasteiger charge is -2.04. The number of hydrogen-bond acceptors (Lipinski definition) is 3. The van der Waals surface area contributed by atoms with Crippen LogP contribution in [0.5, 0.6) is 0 Å². The molecule has 0 N–H and O–H groups in total. The van der Waals surface area contributed by atoms with E-state index >= 15 is 0 Å². The number of rotatable bonds is 2. The highest BCUT2D eigenvalue weighted by atomic mass is 79.9. The molecule has 0 aliphatic carbocycles. The first kappa shape index (κ1) is 13.2. The molecule has 0 spiro atoms. The van der Waals surface area contributed by atoms with Gasteiger partial charge in [0.15, 0.2) is 11.5 Å². The van der Waals surface area contributed by atoms with Crippen LogP contribution in [0.25, 0.3) is 22.7 Å². The lowest BCUT2D eigenvalue weighted by Crippen LogP contribution is -2.00. The van der Waals surface area contributed by atoms with E-state index in [1.54, 1.807) is 12.5 Å². The Kier molecular flexibility index (Phi) is 3.04. The lowest BCUT2D eigenvalue weighted by atomic mass is 10.1. The highest BCUT2D eigenvalue weighted by Crippen LogP contribution is 2.21. The number of hydrogen-bond donors (Lipinski definition) is 0. The molecule has 6 heteroatoms. The predicted molar refractivity (Wildman–Crippen MR) is 88.0 cm³/mol. The summed E-state index contributed by atoms with van der Waals surface area (Å²) in [5.74, 6) is 0.741. The maximum Gasteiger partial charge on any atom is 0.183 e. The van der Waals surface area contributed by atoms with Gasteiger partial charge in [0, 0.05) is 30.4 Å². The van der Waals surface area contributed by atoms with Crippen molar-refractivity contribution in [3.8, 4) is 17.1 Å². The second-order valence-corrected chi connectivity index (χ2v) is 5.89. The third-order valence-corrected chi connectivity index (χ3v) is 3.88. The van der Waals surface area contributed by atoms with Gasteiger partial charge in [0.25, 0.3) is 0 Å². The molecule has 3 aromatic heterocycles. The van der Waals surface area contributed by atoms with E-state index in [1.165, 1.54) is 5.56 Å². The summed E-state index contributed by atoms with van der Waals surface area (Å²) in [4.78, 5) is 13.4. The third kappa shape index (κ3) is 2.21. The summed E-state index contributed by atoms with van der Waals surface area (Å²) in [5, 5.41) is 0. The quantitative estimate of drug-likeness (QED) is 0.552. The van der Waals surface area contributed by atoms with Crippen LogP contribution in [0.2, 0.25) is 0 Å². The zero-order chi connectivity index (χ0) is 15.1. The molecule has 0 saturated heterocycles. The van der Waals surface area contributed by atoms with Crippen LogP contribution in [0, 0.1) is 6.92 Å². The van der Waals surface area contributed by atoms with Crippen LogP contribution in [0.15, 0.2) is 60.0 Å². The summed E-state index contributed by atoms with van der Waals surface area (Å²) < 4.78 is 4.57. The van der Waals surface area contributed by atoms with Gasteiger partial charge in [0.1, 0.15) is 10.9 Å². The lowest BCUT2D eigenvalue weighted by molar-refractivity contribution is 0.957. The van der Waals surface area contributed by atoms with Crippen LogP contribution < -0.4 is 0 Å². The molecular weight excluding hydrogens is 342 g/mol. The van der Waals surface area contributed by atoms with Crippen molar-refractivity contribution < 1.29 is 0 Å². The van der Waals surface area contributed by atoms with Gasteiger partial charge in [0.05, 0.1) is 5.69 Å². The van der Waals surface area contributed by atoms with Crippen molar-refractivity contribution in [1.29, 1.82) is 0 Å². The van der Waals surface area contributed by atoms with E-state index < -0.39 is 0 Å². The van der Waals surface area contributed by atoms with Gasteiger partial charge in [-0.25, -0.2) is 15.0 Å². The minimum Gasteiger partial charge on any atom is -0.301 e. The standard InChI is InChI=1S/C16H12BrN5/c1-11-2-4-12(5-3-11)13-8-22(10-19-13)16-15-18-6-7-21(15)9-14(17)20-16/h2-10H,1H3. The third-order valence-electron chi connectivity index (χ3n) is 3.50. The molecular formula is C16H12BrN5. The Morgan fingerprint density at radius 2 is 1.86 bits per heavy atom. The Balaban J connectivity index is 1.83. The molecule has 0 atom stereocenters. The Hall–Kier alpha value is -2.47. The monoisotopic (exact) mass is 353 g/mol. The highest BCUT2D eigenvalue weighted by molar-refractivity contribution is 9.10. The van der Waals surface area contributed by atoms with Crippen molar-refractivity contribution in [3.63, 3.8) is 0 Å². The smallest absolute Gasteiger partial charge is 0.183 e. The number of benzene rings is 1. The van der Waals surface area contributed by atoms with Crippen LogP contribution in [0.1, 0.15) is 5.56 Å². The Morgan fingerprint density at radius 1 is 1.05 bits per heavy atom. The molecule has 0 unspecified atom stereocenters. The van der Waals surface area contributed by atoms with Crippen LogP contribution >= 0.6 is 15.9 Å². The first-order valence-electron chi connectivity index (χ1n) is 6.81. The van der Waals surface area contributed by atoms with Crippen molar-refractivity contribution >= 4 is 21.6 Å². The zero-order valence-electron chi connectivity index (χ0n) is 11.8. The Morgan fingerprint density at radius 3 is 2.68 bits per heavy atom. The van der Waals surface area contributed by atoms with Crippen LogP contribution in [0.3, 0.4) is 0 Å². The van der Waals surface area contributed by atoms with Crippen molar-refractivity contribution in [2.24, 2.45) is 0 Å². The zero-order valence-corrected chi connectivity index (χ0v) is 13.4. The molecule has 0 amide bonds. The van der Waals surface area contributed by atoms with Crippen molar-refractivity contribution in [2.45, 2.75) is 6.92 Å². The fourth-order valence-electron chi connectivity index (χ4n) is 2.37. The maximum absolute atomic E-state index is 4.52. The minimum absolute atomic E-state index is 0.741. The predicted octanol–water partition coefficient (Wildman–Crippen LogP) is 3.65. The second-order valence-electron chi connectivity index (χ2n) is 5.08. The van der Waals surface area contributed by atoms with Gasteiger partial charge in [0.2, 0.25) is 0 Å². The number of halogens is 1. The van der Waals surface area contributed by atoms with E-state index in [9.17, 15) is 0 Å². The molecule has 5 nitrogen and oxygen atoms in total.